The molecule has 2 N–H and O–H groups in total. The third-order valence-electron chi connectivity index (χ3n) is 6.28. The van der Waals surface area contributed by atoms with Crippen molar-refractivity contribution in [1.29, 1.82) is 0 Å². The van der Waals surface area contributed by atoms with Crippen molar-refractivity contribution in [3.05, 3.63) is 70.8 Å². The number of nitrogens with one attached hydrogen (secondary N) is 1. The number of halogens is 1. The van der Waals surface area contributed by atoms with Crippen LogP contribution in [0.2, 0.25) is 0 Å². The lowest BCUT2D eigenvalue weighted by Gasteiger charge is -2.40. The van der Waals surface area contributed by atoms with Crippen LogP contribution in [0.25, 0.3) is 10.9 Å². The number of pyridine rings is 1. The van der Waals surface area contributed by atoms with Crippen LogP contribution in [-0.4, -0.2) is 40.0 Å². The van der Waals surface area contributed by atoms with E-state index in [1.165, 1.54) is 27.9 Å². The maximum atomic E-state index is 12.2. The van der Waals surface area contributed by atoms with E-state index in [0.717, 1.165) is 26.2 Å². The van der Waals surface area contributed by atoms with E-state index < -0.39 is 0 Å². The Labute approximate surface area is 170 Å². The fraction of sp³-hybridized carbons (Fsp3) is 0.409. The summed E-state index contributed by atoms with van der Waals surface area (Å²) in [7, 11) is 0. The predicted octanol–water partition coefficient (Wildman–Crippen LogP) is -2.13. The smallest absolute Gasteiger partial charge is 0.250 e. The Kier molecular flexibility index (Phi) is 5.32. The highest BCUT2D eigenvalue weighted by Gasteiger charge is 2.37. The van der Waals surface area contributed by atoms with Gasteiger partial charge in [-0.25, -0.2) is 0 Å². The molecular weight excluding hydrogens is 374 g/mol. The van der Waals surface area contributed by atoms with Crippen molar-refractivity contribution < 1.29 is 22.4 Å². The summed E-state index contributed by atoms with van der Waals surface area (Å²) in [5.41, 5.74) is 2.49. The zero-order valence-corrected chi connectivity index (χ0v) is 16.6. The molecule has 0 spiro atoms. The van der Waals surface area contributed by atoms with Gasteiger partial charge in [-0.05, 0) is 30.0 Å². The van der Waals surface area contributed by atoms with Crippen molar-refractivity contribution in [2.75, 3.05) is 19.6 Å². The quantitative estimate of drug-likeness (QED) is 0.526. The first-order valence-corrected chi connectivity index (χ1v) is 9.92. The molecule has 5 rings (SSSR count). The second kappa shape index (κ2) is 7.74. The van der Waals surface area contributed by atoms with Gasteiger partial charge in [0.05, 0.1) is 19.6 Å². The average molecular weight is 400 g/mol. The van der Waals surface area contributed by atoms with Gasteiger partial charge in [-0.2, -0.15) is 0 Å². The largest absolute Gasteiger partial charge is 1.00 e. The fourth-order valence-electron chi connectivity index (χ4n) is 5.21. The van der Waals surface area contributed by atoms with E-state index in [2.05, 4.69) is 35.0 Å². The number of nitrogens with zero attached hydrogens (tertiary/aromatic N) is 2. The molecule has 1 fully saturated rings. The van der Waals surface area contributed by atoms with Crippen LogP contribution < -0.4 is 22.9 Å². The van der Waals surface area contributed by atoms with Gasteiger partial charge in [0, 0.05) is 41.9 Å². The van der Waals surface area contributed by atoms with Gasteiger partial charge in [-0.15, -0.1) is 0 Å². The molecule has 0 saturated carbocycles. The van der Waals surface area contributed by atoms with Gasteiger partial charge in [-0.3, -0.25) is 4.79 Å². The number of hydrogen-bond donors (Lipinski definition) is 2. The molecule has 2 aromatic heterocycles. The van der Waals surface area contributed by atoms with E-state index in [0.29, 0.717) is 18.4 Å². The summed E-state index contributed by atoms with van der Waals surface area (Å²) >= 11 is 0. The minimum atomic E-state index is -0.368. The Hall–Kier alpha value is -2.08. The first-order valence-electron chi connectivity index (χ1n) is 9.92. The van der Waals surface area contributed by atoms with E-state index in [9.17, 15) is 9.90 Å². The lowest BCUT2D eigenvalue weighted by Crippen LogP contribution is -3.15. The number of rotatable bonds is 4. The number of para-hydroxylation sites is 1. The van der Waals surface area contributed by atoms with Gasteiger partial charge in [-0.1, -0.05) is 24.3 Å². The predicted molar refractivity (Wildman–Crippen MR) is 105 cm³/mol. The number of benzene rings is 1. The van der Waals surface area contributed by atoms with Crippen LogP contribution in [0.15, 0.2) is 59.5 Å². The average Bonchev–Trinajstić information content (AvgIpc) is 3.05. The highest BCUT2D eigenvalue weighted by atomic mass is 35.5. The van der Waals surface area contributed by atoms with Crippen molar-refractivity contribution in [2.24, 2.45) is 5.92 Å². The SMILES string of the molecule is O=c1cccc2n1CC1CC2C[NH+](CC(O)Cn2ccc3ccccc32)C1.[Cl-]. The number of quaternary nitrogens is 1. The van der Waals surface area contributed by atoms with Crippen molar-refractivity contribution in [2.45, 2.75) is 31.5 Å². The number of aliphatic hydroxyl groups excluding tert-OH is 1. The molecule has 5 nitrogen and oxygen atoms in total. The van der Waals surface area contributed by atoms with E-state index in [1.54, 1.807) is 6.07 Å². The van der Waals surface area contributed by atoms with Crippen molar-refractivity contribution in [3.8, 4) is 0 Å². The summed E-state index contributed by atoms with van der Waals surface area (Å²) in [5, 5.41) is 12.0. The Morgan fingerprint density at radius 2 is 1.96 bits per heavy atom. The molecule has 28 heavy (non-hydrogen) atoms. The van der Waals surface area contributed by atoms with Gasteiger partial charge >= 0.3 is 0 Å². The Bertz CT molecular complexity index is 1030. The summed E-state index contributed by atoms with van der Waals surface area (Å²) in [4.78, 5) is 13.6. The van der Waals surface area contributed by atoms with Gasteiger partial charge in [0.2, 0.25) is 0 Å². The third kappa shape index (κ3) is 3.50. The Morgan fingerprint density at radius 3 is 2.86 bits per heavy atom. The van der Waals surface area contributed by atoms with E-state index in [-0.39, 0.29) is 24.1 Å². The zero-order chi connectivity index (χ0) is 18.4. The van der Waals surface area contributed by atoms with E-state index in [4.69, 9.17) is 0 Å². The topological polar surface area (TPSA) is 51.6 Å². The molecule has 2 aliphatic rings. The summed E-state index contributed by atoms with van der Waals surface area (Å²) in [6.45, 7) is 4.26. The summed E-state index contributed by atoms with van der Waals surface area (Å²) < 4.78 is 4.12. The minimum absolute atomic E-state index is 0. The molecule has 4 unspecified atom stereocenters. The van der Waals surface area contributed by atoms with Gasteiger partial charge in [0.25, 0.3) is 5.56 Å². The second-order valence-corrected chi connectivity index (χ2v) is 8.24. The molecule has 0 aliphatic carbocycles. The molecule has 2 aliphatic heterocycles. The molecule has 0 amide bonds. The van der Waals surface area contributed by atoms with Crippen LogP contribution in [-0.2, 0) is 13.1 Å². The normalized spacial score (nSPS) is 24.4. The molecule has 148 valence electrons. The fourth-order valence-corrected chi connectivity index (χ4v) is 5.21. The summed E-state index contributed by atoms with van der Waals surface area (Å²) in [6, 6.07) is 16.1. The first-order chi connectivity index (χ1) is 13.2. The van der Waals surface area contributed by atoms with Crippen LogP contribution in [0, 0.1) is 5.92 Å². The third-order valence-corrected chi connectivity index (χ3v) is 6.28. The van der Waals surface area contributed by atoms with Gasteiger partial charge in [0.1, 0.15) is 12.6 Å². The number of piperidine rings is 1. The molecule has 4 heterocycles. The van der Waals surface area contributed by atoms with Crippen molar-refractivity contribution in [3.63, 3.8) is 0 Å². The summed E-state index contributed by atoms with van der Waals surface area (Å²) in [5.74, 6) is 0.965. The molecule has 1 saturated heterocycles. The van der Waals surface area contributed by atoms with Crippen LogP contribution in [0.1, 0.15) is 18.0 Å². The standard InChI is InChI=1S/C22H25N3O2.ClH/c26-19(15-24-9-8-17-4-1-2-5-20(17)24)14-23-11-16-10-18(13-23)21-6-3-7-22(27)25(21)12-16;/h1-9,16,18-19,26H,10-15H2;1H. The minimum Gasteiger partial charge on any atom is -1.00 e. The number of fused-ring (bicyclic) bond motifs is 5. The van der Waals surface area contributed by atoms with Crippen LogP contribution in [0.4, 0.5) is 0 Å². The van der Waals surface area contributed by atoms with Gasteiger partial charge in [0.15, 0.2) is 0 Å². The summed E-state index contributed by atoms with van der Waals surface area (Å²) in [6.07, 6.45) is 2.87. The van der Waals surface area contributed by atoms with Crippen LogP contribution in [0.5, 0.6) is 0 Å². The van der Waals surface area contributed by atoms with Crippen LogP contribution in [0.3, 0.4) is 0 Å². The molecule has 2 bridgehead atoms. The highest BCUT2D eigenvalue weighted by molar-refractivity contribution is 5.79. The molecule has 4 atom stereocenters. The molecule has 0 radical (unpaired) electrons. The zero-order valence-electron chi connectivity index (χ0n) is 15.8. The lowest BCUT2D eigenvalue weighted by molar-refractivity contribution is -0.914. The first kappa shape index (κ1) is 19.2. The second-order valence-electron chi connectivity index (χ2n) is 8.24. The maximum Gasteiger partial charge on any atom is 0.250 e. The van der Waals surface area contributed by atoms with Crippen molar-refractivity contribution >= 4 is 10.9 Å². The number of aromatic nitrogens is 2. The molecular formula is C22H26ClN3O2. The monoisotopic (exact) mass is 399 g/mol. The molecule has 1 aromatic carbocycles. The van der Waals surface area contributed by atoms with Gasteiger partial charge < -0.3 is 31.5 Å². The number of hydrogen-bond acceptors (Lipinski definition) is 2. The highest BCUT2D eigenvalue weighted by Crippen LogP contribution is 2.30. The van der Waals surface area contributed by atoms with Crippen LogP contribution >= 0.6 is 0 Å². The van der Waals surface area contributed by atoms with E-state index >= 15 is 0 Å². The number of aliphatic hydroxyl groups is 1. The molecule has 3 aromatic rings. The van der Waals surface area contributed by atoms with E-state index in [1.807, 2.05) is 22.8 Å². The Balaban J connectivity index is 0.00000192. The lowest BCUT2D eigenvalue weighted by atomic mass is 9.83. The van der Waals surface area contributed by atoms with Crippen molar-refractivity contribution in [1.82, 2.24) is 9.13 Å². The maximum absolute atomic E-state index is 12.2. The molecule has 6 heteroatoms. The Morgan fingerprint density at radius 1 is 1.11 bits per heavy atom. The number of likely N-dealkylation sites (tertiary alicyclic amines) is 1.